The second kappa shape index (κ2) is 6.53. The third kappa shape index (κ3) is 2.81. The van der Waals surface area contributed by atoms with Crippen LogP contribution in [0.3, 0.4) is 0 Å². The Hall–Kier alpha value is -3.60. The number of nitrogens with zero attached hydrogens (tertiary/aromatic N) is 2. The van der Waals surface area contributed by atoms with Crippen molar-refractivity contribution in [3.8, 4) is 0 Å². The third-order valence-electron chi connectivity index (χ3n) is 5.45. The molecule has 0 bridgehead atoms. The van der Waals surface area contributed by atoms with Gasteiger partial charge in [-0.15, -0.1) is 0 Å². The number of nitrogens with one attached hydrogen (secondary N) is 1. The quantitative estimate of drug-likeness (QED) is 0.496. The highest BCUT2D eigenvalue weighted by Crippen LogP contribution is 2.35. The molecule has 0 radical (unpaired) electrons. The SMILES string of the molecule is Nc1nc(N)c2cc(NC3c4ccccc4CCc4ccccc43)ccc2n1. The van der Waals surface area contributed by atoms with Crippen molar-refractivity contribution >= 4 is 28.4 Å². The molecule has 0 atom stereocenters. The highest BCUT2D eigenvalue weighted by Gasteiger charge is 2.23. The molecule has 1 aliphatic rings. The first-order valence-electron chi connectivity index (χ1n) is 9.44. The van der Waals surface area contributed by atoms with Crippen molar-refractivity contribution in [3.63, 3.8) is 0 Å². The number of benzene rings is 3. The minimum atomic E-state index is 0.0725. The van der Waals surface area contributed by atoms with Gasteiger partial charge in [-0.2, -0.15) is 4.98 Å². The molecule has 1 aromatic heterocycles. The zero-order valence-corrected chi connectivity index (χ0v) is 15.4. The van der Waals surface area contributed by atoms with Crippen LogP contribution in [0.25, 0.3) is 10.9 Å². The number of hydrogen-bond acceptors (Lipinski definition) is 5. The second-order valence-electron chi connectivity index (χ2n) is 7.17. The van der Waals surface area contributed by atoms with E-state index < -0.39 is 0 Å². The summed E-state index contributed by atoms with van der Waals surface area (Å²) in [6.07, 6.45) is 2.09. The van der Waals surface area contributed by atoms with Crippen LogP contribution < -0.4 is 16.8 Å². The lowest BCUT2D eigenvalue weighted by molar-refractivity contribution is 0.930. The molecule has 0 spiro atoms. The fourth-order valence-corrected chi connectivity index (χ4v) is 4.11. The van der Waals surface area contributed by atoms with E-state index in [9.17, 15) is 0 Å². The van der Waals surface area contributed by atoms with Crippen LogP contribution in [0, 0.1) is 0 Å². The molecule has 0 amide bonds. The van der Waals surface area contributed by atoms with E-state index in [-0.39, 0.29) is 12.0 Å². The van der Waals surface area contributed by atoms with Gasteiger partial charge < -0.3 is 16.8 Å². The van der Waals surface area contributed by atoms with Gasteiger partial charge in [-0.3, -0.25) is 0 Å². The van der Waals surface area contributed by atoms with Crippen LogP contribution in [-0.2, 0) is 12.8 Å². The molecule has 5 N–H and O–H groups in total. The smallest absolute Gasteiger partial charge is 0.222 e. The molecular formula is C23H21N5. The largest absolute Gasteiger partial charge is 0.383 e. The topological polar surface area (TPSA) is 89.8 Å². The number of aryl methyl sites for hydroxylation is 2. The monoisotopic (exact) mass is 367 g/mol. The maximum absolute atomic E-state index is 6.08. The number of nitrogen functional groups attached to an aromatic ring is 2. The van der Waals surface area contributed by atoms with E-state index in [1.165, 1.54) is 22.3 Å². The Labute approximate surface area is 163 Å². The summed E-state index contributed by atoms with van der Waals surface area (Å²) in [5.41, 5.74) is 18.9. The summed E-state index contributed by atoms with van der Waals surface area (Å²) in [6.45, 7) is 0. The molecule has 0 unspecified atom stereocenters. The van der Waals surface area contributed by atoms with Gasteiger partial charge in [0.1, 0.15) is 5.82 Å². The number of aromatic nitrogens is 2. The predicted molar refractivity (Wildman–Crippen MR) is 114 cm³/mol. The molecule has 3 aromatic carbocycles. The average molecular weight is 367 g/mol. The van der Waals surface area contributed by atoms with E-state index in [0.717, 1.165) is 29.4 Å². The van der Waals surface area contributed by atoms with E-state index in [4.69, 9.17) is 11.5 Å². The fraction of sp³-hybridized carbons (Fsp3) is 0.130. The van der Waals surface area contributed by atoms with Gasteiger partial charge in [0, 0.05) is 11.1 Å². The standard InChI is InChI=1S/C23H21N5/c24-22-19-13-16(11-12-20(19)27-23(25)28-22)26-21-17-7-3-1-5-14(17)9-10-15-6-2-4-8-18(15)21/h1-8,11-13,21,26H,9-10H2,(H4,24,25,27,28). The summed E-state index contributed by atoms with van der Waals surface area (Å²) in [5.74, 6) is 0.588. The van der Waals surface area contributed by atoms with Crippen molar-refractivity contribution in [1.82, 2.24) is 9.97 Å². The van der Waals surface area contributed by atoms with Crippen LogP contribution >= 0.6 is 0 Å². The van der Waals surface area contributed by atoms with Crippen molar-refractivity contribution in [1.29, 1.82) is 0 Å². The predicted octanol–water partition coefficient (Wildman–Crippen LogP) is 4.09. The first kappa shape index (κ1) is 16.6. The number of hydrogen-bond donors (Lipinski definition) is 3. The van der Waals surface area contributed by atoms with Gasteiger partial charge in [0.2, 0.25) is 5.95 Å². The fourth-order valence-electron chi connectivity index (χ4n) is 4.11. The highest BCUT2D eigenvalue weighted by molar-refractivity contribution is 5.91. The Kier molecular flexibility index (Phi) is 3.86. The Morgan fingerprint density at radius 1 is 0.786 bits per heavy atom. The molecule has 1 aliphatic carbocycles. The van der Waals surface area contributed by atoms with Gasteiger partial charge in [-0.05, 0) is 53.3 Å². The number of nitrogens with two attached hydrogens (primary N) is 2. The van der Waals surface area contributed by atoms with Crippen molar-refractivity contribution in [2.45, 2.75) is 18.9 Å². The van der Waals surface area contributed by atoms with Crippen LogP contribution in [0.5, 0.6) is 0 Å². The summed E-state index contributed by atoms with van der Waals surface area (Å²) in [6, 6.07) is 23.4. The molecule has 28 heavy (non-hydrogen) atoms. The van der Waals surface area contributed by atoms with Gasteiger partial charge >= 0.3 is 0 Å². The average Bonchev–Trinajstić information content (AvgIpc) is 2.86. The summed E-state index contributed by atoms with van der Waals surface area (Å²) in [5, 5.41) is 4.53. The molecule has 0 aliphatic heterocycles. The molecule has 0 fully saturated rings. The maximum Gasteiger partial charge on any atom is 0.222 e. The first-order valence-corrected chi connectivity index (χ1v) is 9.44. The lowest BCUT2D eigenvalue weighted by atomic mass is 9.94. The summed E-state index contributed by atoms with van der Waals surface area (Å²) in [7, 11) is 0. The van der Waals surface area contributed by atoms with Crippen LogP contribution in [0.4, 0.5) is 17.5 Å². The Morgan fingerprint density at radius 2 is 1.43 bits per heavy atom. The van der Waals surface area contributed by atoms with E-state index in [0.29, 0.717) is 5.82 Å². The molecule has 5 nitrogen and oxygen atoms in total. The molecule has 0 saturated heterocycles. The normalized spacial score (nSPS) is 13.6. The number of fused-ring (bicyclic) bond motifs is 3. The number of rotatable bonds is 2. The summed E-state index contributed by atoms with van der Waals surface area (Å²) < 4.78 is 0. The van der Waals surface area contributed by atoms with Crippen molar-refractivity contribution in [2.24, 2.45) is 0 Å². The second-order valence-corrected chi connectivity index (χ2v) is 7.17. The Morgan fingerprint density at radius 3 is 2.11 bits per heavy atom. The zero-order valence-electron chi connectivity index (χ0n) is 15.4. The molecule has 138 valence electrons. The molecule has 5 heteroatoms. The lowest BCUT2D eigenvalue weighted by Crippen LogP contribution is -2.14. The molecule has 0 saturated carbocycles. The van der Waals surface area contributed by atoms with Gasteiger partial charge in [0.15, 0.2) is 0 Å². The van der Waals surface area contributed by atoms with E-state index in [2.05, 4.69) is 63.8 Å². The van der Waals surface area contributed by atoms with Crippen LogP contribution in [0.1, 0.15) is 28.3 Å². The van der Waals surface area contributed by atoms with Crippen molar-refractivity contribution < 1.29 is 0 Å². The van der Waals surface area contributed by atoms with Gasteiger partial charge in [0.25, 0.3) is 0 Å². The van der Waals surface area contributed by atoms with E-state index in [1.54, 1.807) is 0 Å². The van der Waals surface area contributed by atoms with E-state index >= 15 is 0 Å². The third-order valence-corrected chi connectivity index (χ3v) is 5.45. The minimum Gasteiger partial charge on any atom is -0.383 e. The minimum absolute atomic E-state index is 0.0725. The zero-order chi connectivity index (χ0) is 19.1. The van der Waals surface area contributed by atoms with Crippen LogP contribution in [-0.4, -0.2) is 9.97 Å². The van der Waals surface area contributed by atoms with Crippen molar-refractivity contribution in [3.05, 3.63) is 89.0 Å². The van der Waals surface area contributed by atoms with Gasteiger partial charge in [-0.1, -0.05) is 48.5 Å². The maximum atomic E-state index is 6.08. The molecule has 1 heterocycles. The Bertz CT molecular complexity index is 1140. The van der Waals surface area contributed by atoms with E-state index in [1.807, 2.05) is 18.2 Å². The van der Waals surface area contributed by atoms with Crippen LogP contribution in [0.15, 0.2) is 66.7 Å². The van der Waals surface area contributed by atoms with Gasteiger partial charge in [-0.25, -0.2) is 4.98 Å². The molecular weight excluding hydrogens is 346 g/mol. The van der Waals surface area contributed by atoms with Gasteiger partial charge in [0.05, 0.1) is 11.6 Å². The highest BCUT2D eigenvalue weighted by atomic mass is 15.0. The summed E-state index contributed by atoms with van der Waals surface area (Å²) >= 11 is 0. The van der Waals surface area contributed by atoms with Crippen LogP contribution in [0.2, 0.25) is 0 Å². The first-order chi connectivity index (χ1) is 13.7. The number of anilines is 3. The summed E-state index contributed by atoms with van der Waals surface area (Å²) in [4.78, 5) is 8.36. The molecule has 4 aromatic rings. The molecule has 5 rings (SSSR count). The van der Waals surface area contributed by atoms with Crippen molar-refractivity contribution in [2.75, 3.05) is 16.8 Å². The Balaban J connectivity index is 1.62. The lowest BCUT2D eigenvalue weighted by Gasteiger charge is -2.23.